The molecule has 3 aromatic heterocycles. The third-order valence-corrected chi connectivity index (χ3v) is 10.9. The van der Waals surface area contributed by atoms with E-state index in [4.69, 9.17) is 4.74 Å². The molecule has 4 amide bonds. The number of nitrogens with one attached hydrogen (secondary N) is 3. The number of ether oxygens (including phenoxy) is 1. The Labute approximate surface area is 330 Å². The molecule has 0 spiro atoms. The largest absolute Gasteiger partial charge is 0.445 e. The van der Waals surface area contributed by atoms with Gasteiger partial charge in [0.25, 0.3) is 5.91 Å². The van der Waals surface area contributed by atoms with Gasteiger partial charge in [-0.15, -0.1) is 34.0 Å². The van der Waals surface area contributed by atoms with Crippen molar-refractivity contribution in [2.75, 3.05) is 6.54 Å². The second kappa shape index (κ2) is 24.5. The molecule has 0 fully saturated rings. The van der Waals surface area contributed by atoms with E-state index in [9.17, 15) is 19.2 Å². The van der Waals surface area contributed by atoms with Crippen molar-refractivity contribution < 1.29 is 23.9 Å². The summed E-state index contributed by atoms with van der Waals surface area (Å²) in [6.45, 7) is 4.39. The molecule has 0 radical (unpaired) electrons. The second-order valence-electron chi connectivity index (χ2n) is 12.5. The average molecular weight is 787 g/mol. The molecule has 3 N–H and O–H groups in total. The van der Waals surface area contributed by atoms with Crippen LogP contribution in [0.1, 0.15) is 82.4 Å². The molecule has 5 rings (SSSR count). The Bertz CT molecular complexity index is 1730. The lowest BCUT2D eigenvalue weighted by molar-refractivity contribution is -0.134. The van der Waals surface area contributed by atoms with Crippen molar-refractivity contribution in [3.63, 3.8) is 0 Å². The Balaban J connectivity index is 0.000000390. The predicted octanol–water partition coefficient (Wildman–Crippen LogP) is 9.18. The molecule has 0 bridgehead atoms. The maximum Gasteiger partial charge on any atom is 0.407 e. The maximum absolute atomic E-state index is 13.9. The van der Waals surface area contributed by atoms with Crippen LogP contribution in [0.3, 0.4) is 0 Å². The minimum atomic E-state index is -0.697. The van der Waals surface area contributed by atoms with Crippen LogP contribution in [-0.4, -0.2) is 41.3 Å². The number of benzene rings is 2. The zero-order chi connectivity index (χ0) is 38.2. The summed E-state index contributed by atoms with van der Waals surface area (Å²) in [5, 5.41) is 14.7. The summed E-state index contributed by atoms with van der Waals surface area (Å²) in [5.74, 6) is -0.234. The van der Waals surface area contributed by atoms with Gasteiger partial charge in [0.2, 0.25) is 11.8 Å². The van der Waals surface area contributed by atoms with Crippen LogP contribution in [-0.2, 0) is 40.6 Å². The van der Waals surface area contributed by atoms with E-state index < -0.39 is 12.1 Å². The van der Waals surface area contributed by atoms with Crippen LogP contribution in [0.4, 0.5) is 4.79 Å². The lowest BCUT2D eigenvalue weighted by atomic mass is 10.1. The van der Waals surface area contributed by atoms with Gasteiger partial charge in [-0.3, -0.25) is 14.4 Å². The van der Waals surface area contributed by atoms with Crippen molar-refractivity contribution in [2.45, 2.75) is 84.2 Å². The van der Waals surface area contributed by atoms with Crippen molar-refractivity contribution in [3.8, 4) is 0 Å². The molecule has 0 saturated heterocycles. The molecule has 0 saturated carbocycles. The van der Waals surface area contributed by atoms with E-state index in [0.717, 1.165) is 34.6 Å². The second-order valence-corrected chi connectivity index (χ2v) is 15.6. The number of carbonyl (C=O) groups excluding carboxylic acids is 4. The molecule has 0 unspecified atom stereocenters. The van der Waals surface area contributed by atoms with Crippen molar-refractivity contribution in [3.05, 3.63) is 139 Å². The maximum atomic E-state index is 13.9. The van der Waals surface area contributed by atoms with Gasteiger partial charge in [0.1, 0.15) is 12.6 Å². The number of rotatable bonds is 20. The lowest BCUT2D eigenvalue weighted by Crippen LogP contribution is -2.48. The van der Waals surface area contributed by atoms with Gasteiger partial charge in [-0.05, 0) is 77.7 Å². The molecule has 5 aromatic rings. The van der Waals surface area contributed by atoms with Crippen LogP contribution in [0.2, 0.25) is 0 Å². The molecule has 0 aliphatic carbocycles. The molecule has 9 nitrogen and oxygen atoms in total. The molecule has 3 heterocycles. The molecule has 286 valence electrons. The Morgan fingerprint density at radius 2 is 1.30 bits per heavy atom. The monoisotopic (exact) mass is 786 g/mol. The summed E-state index contributed by atoms with van der Waals surface area (Å²) in [5.41, 5.74) is 1.43. The summed E-state index contributed by atoms with van der Waals surface area (Å²) >= 11 is 4.89. The van der Waals surface area contributed by atoms with Gasteiger partial charge in [-0.1, -0.05) is 86.5 Å². The van der Waals surface area contributed by atoms with Crippen LogP contribution < -0.4 is 16.0 Å². The first kappa shape index (κ1) is 42.0. The van der Waals surface area contributed by atoms with Crippen LogP contribution in [0, 0.1) is 0 Å². The highest BCUT2D eigenvalue weighted by Gasteiger charge is 2.27. The minimum Gasteiger partial charge on any atom is -0.445 e. The number of nitrogens with zero attached hydrogens (tertiary/aromatic N) is 1. The van der Waals surface area contributed by atoms with E-state index in [0.29, 0.717) is 57.4 Å². The fraction of sp³-hybridized carbons (Fsp3) is 0.333. The SMILES string of the molecule is CCCCCC(=O)NCc1cccs1.O=C(NCCCC[C@H](NC(=O)c1ccccc1)C(=O)N(Cc1cccs1)Cc1cccs1)OCc1ccccc1. The third-order valence-electron chi connectivity index (χ3n) is 8.25. The summed E-state index contributed by atoms with van der Waals surface area (Å²) in [4.78, 5) is 55.5. The smallest absolute Gasteiger partial charge is 0.407 e. The number of alkyl carbamates (subject to hydrolysis) is 1. The van der Waals surface area contributed by atoms with E-state index in [1.807, 2.05) is 93.8 Å². The van der Waals surface area contributed by atoms with E-state index >= 15 is 0 Å². The van der Waals surface area contributed by atoms with Gasteiger partial charge in [0, 0.05) is 33.2 Å². The molecule has 0 aliphatic rings. The quantitative estimate of drug-likeness (QED) is 0.0681. The summed E-state index contributed by atoms with van der Waals surface area (Å²) in [6.07, 6.45) is 5.23. The first-order valence-corrected chi connectivity index (χ1v) is 21.0. The summed E-state index contributed by atoms with van der Waals surface area (Å²) in [6, 6.07) is 29.7. The first-order chi connectivity index (χ1) is 26.4. The van der Waals surface area contributed by atoms with Gasteiger partial charge in [0.05, 0.1) is 19.6 Å². The van der Waals surface area contributed by atoms with Crippen LogP contribution in [0.25, 0.3) is 0 Å². The van der Waals surface area contributed by atoms with Gasteiger partial charge < -0.3 is 25.6 Å². The molecule has 1 atom stereocenters. The van der Waals surface area contributed by atoms with E-state index in [1.54, 1.807) is 58.3 Å². The lowest BCUT2D eigenvalue weighted by Gasteiger charge is -2.27. The fourth-order valence-corrected chi connectivity index (χ4v) is 7.45. The van der Waals surface area contributed by atoms with Crippen molar-refractivity contribution >= 4 is 57.8 Å². The number of unbranched alkanes of at least 4 members (excludes halogenated alkanes) is 3. The highest BCUT2D eigenvalue weighted by molar-refractivity contribution is 7.10. The van der Waals surface area contributed by atoms with Gasteiger partial charge >= 0.3 is 6.09 Å². The Kier molecular flexibility index (Phi) is 19.1. The zero-order valence-corrected chi connectivity index (χ0v) is 33.2. The topological polar surface area (TPSA) is 117 Å². The molecular weight excluding hydrogens is 737 g/mol. The molecule has 12 heteroatoms. The van der Waals surface area contributed by atoms with E-state index in [1.165, 1.54) is 4.88 Å². The Hall–Kier alpha value is -4.78. The fourth-order valence-electron chi connectivity index (χ4n) is 5.36. The number of amides is 4. The van der Waals surface area contributed by atoms with E-state index in [-0.39, 0.29) is 24.3 Å². The first-order valence-electron chi connectivity index (χ1n) is 18.3. The minimum absolute atomic E-state index is 0.124. The molecular formula is C42H50N4O5S3. The zero-order valence-electron chi connectivity index (χ0n) is 30.7. The van der Waals surface area contributed by atoms with Gasteiger partial charge in [-0.25, -0.2) is 4.79 Å². The molecule has 2 aromatic carbocycles. The van der Waals surface area contributed by atoms with Crippen LogP contribution in [0.15, 0.2) is 113 Å². The molecule has 54 heavy (non-hydrogen) atoms. The van der Waals surface area contributed by atoms with Crippen molar-refractivity contribution in [2.24, 2.45) is 0 Å². The standard InChI is InChI=1S/C31H33N3O4S2.C11H17NOS/c35-29(25-13-5-2-6-14-25)33-28(17-7-8-18-32-31(37)38-23-24-11-3-1-4-12-24)30(36)34(21-26-15-9-19-39-26)22-27-16-10-20-40-27;1-2-3-4-7-11(13)12-9-10-6-5-8-14-10/h1-6,9-16,19-20,28H,7-8,17-18,21-23H2,(H,32,37)(H,33,35);5-6,8H,2-4,7,9H2,1H3,(H,12,13)/t28-;/m0./s1. The summed E-state index contributed by atoms with van der Waals surface area (Å²) in [7, 11) is 0. The average Bonchev–Trinajstić information content (AvgIpc) is 4.02. The molecule has 0 aliphatic heterocycles. The van der Waals surface area contributed by atoms with E-state index in [2.05, 4.69) is 22.9 Å². The van der Waals surface area contributed by atoms with Gasteiger partial charge in [-0.2, -0.15) is 0 Å². The summed E-state index contributed by atoms with van der Waals surface area (Å²) < 4.78 is 5.26. The highest BCUT2D eigenvalue weighted by Crippen LogP contribution is 2.20. The van der Waals surface area contributed by atoms with Crippen molar-refractivity contribution in [1.29, 1.82) is 0 Å². The van der Waals surface area contributed by atoms with Crippen LogP contribution in [0.5, 0.6) is 0 Å². The van der Waals surface area contributed by atoms with Crippen LogP contribution >= 0.6 is 34.0 Å². The number of carbonyl (C=O) groups is 4. The number of thiophene rings is 3. The predicted molar refractivity (Wildman–Crippen MR) is 219 cm³/mol. The van der Waals surface area contributed by atoms with Crippen molar-refractivity contribution in [1.82, 2.24) is 20.9 Å². The Morgan fingerprint density at radius 1 is 0.685 bits per heavy atom. The Morgan fingerprint density at radius 3 is 1.89 bits per heavy atom. The number of hydrogen-bond acceptors (Lipinski definition) is 8. The number of hydrogen-bond donors (Lipinski definition) is 3. The third kappa shape index (κ3) is 16.1. The highest BCUT2D eigenvalue weighted by atomic mass is 32.1. The van der Waals surface area contributed by atoms with Gasteiger partial charge in [0.15, 0.2) is 0 Å². The normalized spacial score (nSPS) is 11.1.